The van der Waals surface area contributed by atoms with Gasteiger partial charge in [-0.05, 0) is 49.9 Å². The highest BCUT2D eigenvalue weighted by Crippen LogP contribution is 2.32. The number of amides is 1. The van der Waals surface area contributed by atoms with Gasteiger partial charge in [-0.25, -0.2) is 0 Å². The van der Waals surface area contributed by atoms with Crippen LogP contribution in [-0.4, -0.2) is 21.6 Å². The highest BCUT2D eigenvalue weighted by molar-refractivity contribution is 5.92. The van der Waals surface area contributed by atoms with Gasteiger partial charge in [-0.3, -0.25) is 4.79 Å². The van der Waals surface area contributed by atoms with Gasteiger partial charge in [0.1, 0.15) is 0 Å². The molecule has 1 aromatic heterocycles. The van der Waals surface area contributed by atoms with E-state index in [0.717, 1.165) is 36.1 Å². The first-order valence-electron chi connectivity index (χ1n) is 7.02. The Hall–Kier alpha value is -2.21. The molecule has 21 heavy (non-hydrogen) atoms. The van der Waals surface area contributed by atoms with E-state index in [-0.39, 0.29) is 11.4 Å². The van der Waals surface area contributed by atoms with Crippen molar-refractivity contribution in [3.8, 4) is 11.5 Å². The summed E-state index contributed by atoms with van der Waals surface area (Å²) in [6.45, 7) is 1.93. The summed E-state index contributed by atoms with van der Waals surface area (Å²) < 4.78 is 5.16. The van der Waals surface area contributed by atoms with Crippen LogP contribution in [0.1, 0.15) is 31.2 Å². The van der Waals surface area contributed by atoms with Crippen molar-refractivity contribution < 1.29 is 9.21 Å². The average Bonchev–Trinajstić information content (AvgIpc) is 2.93. The predicted molar refractivity (Wildman–Crippen MR) is 78.5 cm³/mol. The number of aromatic nitrogens is 2. The van der Waals surface area contributed by atoms with Gasteiger partial charge < -0.3 is 15.5 Å². The van der Waals surface area contributed by atoms with Gasteiger partial charge in [0.05, 0.1) is 0 Å². The van der Waals surface area contributed by atoms with Crippen LogP contribution in [0.15, 0.2) is 29.0 Å². The molecule has 0 saturated heterocycles. The fraction of sp³-hybridized carbons (Fsp3) is 0.400. The lowest BCUT2D eigenvalue weighted by Crippen LogP contribution is -2.48. The minimum Gasteiger partial charge on any atom is -0.423 e. The maximum atomic E-state index is 12.1. The average molecular weight is 286 g/mol. The summed E-state index contributed by atoms with van der Waals surface area (Å²) in [5.41, 5.74) is 8.35. The van der Waals surface area contributed by atoms with E-state index in [2.05, 4.69) is 15.5 Å². The van der Waals surface area contributed by atoms with Crippen molar-refractivity contribution in [3.05, 3.63) is 30.2 Å². The van der Waals surface area contributed by atoms with Crippen LogP contribution in [0.3, 0.4) is 0 Å². The Morgan fingerprint density at radius 1 is 1.48 bits per heavy atom. The fourth-order valence-corrected chi connectivity index (χ4v) is 2.56. The second-order valence-electron chi connectivity index (χ2n) is 5.71. The highest BCUT2D eigenvalue weighted by Gasteiger charge is 2.34. The Kier molecular flexibility index (Phi) is 3.47. The standard InChI is InChI=1S/C15H18N4O2/c1-10-7-11(14-19-17-9-21-14)3-4-12(10)18-13(20)8-15(16)5-2-6-15/h3-4,7,9H,2,5-6,8,16H2,1H3,(H,18,20). The fourth-order valence-electron chi connectivity index (χ4n) is 2.56. The molecule has 2 aromatic rings. The molecule has 1 amide bonds. The maximum Gasteiger partial charge on any atom is 0.247 e. The molecule has 1 saturated carbocycles. The first-order valence-corrected chi connectivity index (χ1v) is 7.02. The Morgan fingerprint density at radius 3 is 2.86 bits per heavy atom. The highest BCUT2D eigenvalue weighted by atomic mass is 16.4. The van der Waals surface area contributed by atoms with Gasteiger partial charge >= 0.3 is 0 Å². The van der Waals surface area contributed by atoms with Crippen LogP contribution >= 0.6 is 0 Å². The van der Waals surface area contributed by atoms with E-state index in [9.17, 15) is 4.79 Å². The number of nitrogens with one attached hydrogen (secondary N) is 1. The number of carbonyl (C=O) groups is 1. The SMILES string of the molecule is Cc1cc(-c2nnco2)ccc1NC(=O)CC1(N)CCC1. The summed E-state index contributed by atoms with van der Waals surface area (Å²) in [5.74, 6) is 0.428. The van der Waals surface area contributed by atoms with Crippen LogP contribution in [0.25, 0.3) is 11.5 Å². The van der Waals surface area contributed by atoms with Gasteiger partial charge in [-0.2, -0.15) is 0 Å². The number of benzene rings is 1. The third-order valence-corrected chi connectivity index (χ3v) is 3.97. The number of aryl methyl sites for hydroxylation is 1. The van der Waals surface area contributed by atoms with Crippen molar-refractivity contribution in [2.75, 3.05) is 5.32 Å². The van der Waals surface area contributed by atoms with Crippen LogP contribution < -0.4 is 11.1 Å². The van der Waals surface area contributed by atoms with Gasteiger partial charge in [0.2, 0.25) is 18.2 Å². The van der Waals surface area contributed by atoms with Gasteiger partial charge in [0, 0.05) is 23.2 Å². The number of anilines is 1. The largest absolute Gasteiger partial charge is 0.423 e. The number of rotatable bonds is 4. The zero-order valence-corrected chi connectivity index (χ0v) is 11.9. The first kappa shape index (κ1) is 13.8. The van der Waals surface area contributed by atoms with E-state index in [1.165, 1.54) is 6.39 Å². The minimum atomic E-state index is -0.304. The van der Waals surface area contributed by atoms with Crippen molar-refractivity contribution in [1.29, 1.82) is 0 Å². The smallest absolute Gasteiger partial charge is 0.247 e. The zero-order valence-electron chi connectivity index (χ0n) is 11.9. The number of nitrogens with two attached hydrogens (primary N) is 1. The van der Waals surface area contributed by atoms with E-state index in [1.54, 1.807) is 0 Å². The molecule has 0 radical (unpaired) electrons. The molecule has 1 aromatic carbocycles. The molecular formula is C15H18N4O2. The van der Waals surface area contributed by atoms with Crippen molar-refractivity contribution in [2.45, 2.75) is 38.1 Å². The van der Waals surface area contributed by atoms with E-state index in [1.807, 2.05) is 25.1 Å². The van der Waals surface area contributed by atoms with Gasteiger partial charge in [-0.15, -0.1) is 10.2 Å². The third kappa shape index (κ3) is 2.95. The summed E-state index contributed by atoms with van der Waals surface area (Å²) in [5, 5.41) is 10.4. The number of nitrogens with zero attached hydrogens (tertiary/aromatic N) is 2. The Bertz CT molecular complexity index is 648. The molecule has 1 heterocycles. The molecule has 0 unspecified atom stereocenters. The van der Waals surface area contributed by atoms with Gasteiger partial charge in [-0.1, -0.05) is 0 Å². The Labute approximate surface area is 122 Å². The summed E-state index contributed by atoms with van der Waals surface area (Å²) in [6.07, 6.45) is 4.63. The molecule has 0 spiro atoms. The molecule has 3 N–H and O–H groups in total. The second-order valence-corrected chi connectivity index (χ2v) is 5.71. The Morgan fingerprint density at radius 2 is 2.29 bits per heavy atom. The van der Waals surface area contributed by atoms with Crippen LogP contribution in [0, 0.1) is 6.92 Å². The molecule has 1 aliphatic carbocycles. The van der Waals surface area contributed by atoms with Crippen molar-refractivity contribution in [2.24, 2.45) is 5.73 Å². The second kappa shape index (κ2) is 5.29. The number of hydrogen-bond donors (Lipinski definition) is 2. The lowest BCUT2D eigenvalue weighted by molar-refractivity contribution is -0.118. The Balaban J connectivity index is 1.70. The first-order chi connectivity index (χ1) is 10.1. The summed E-state index contributed by atoms with van der Waals surface area (Å²) in [6, 6.07) is 5.60. The van der Waals surface area contributed by atoms with E-state index >= 15 is 0 Å². The predicted octanol–water partition coefficient (Wildman–Crippen LogP) is 2.26. The molecule has 0 bridgehead atoms. The lowest BCUT2D eigenvalue weighted by Gasteiger charge is -2.37. The molecule has 0 aliphatic heterocycles. The lowest BCUT2D eigenvalue weighted by atomic mass is 9.75. The monoisotopic (exact) mass is 286 g/mol. The van der Waals surface area contributed by atoms with Gasteiger partial charge in [0.25, 0.3) is 0 Å². The molecule has 1 aliphatic rings. The van der Waals surface area contributed by atoms with Crippen LogP contribution in [0.4, 0.5) is 5.69 Å². The maximum absolute atomic E-state index is 12.1. The van der Waals surface area contributed by atoms with E-state index in [0.29, 0.717) is 12.3 Å². The third-order valence-electron chi connectivity index (χ3n) is 3.97. The van der Waals surface area contributed by atoms with Crippen LogP contribution in [0.5, 0.6) is 0 Å². The summed E-state index contributed by atoms with van der Waals surface area (Å²) in [4.78, 5) is 12.1. The normalized spacial score (nSPS) is 16.3. The molecule has 110 valence electrons. The van der Waals surface area contributed by atoms with Crippen molar-refractivity contribution >= 4 is 11.6 Å². The van der Waals surface area contributed by atoms with Crippen LogP contribution in [-0.2, 0) is 4.79 Å². The molecule has 0 atom stereocenters. The van der Waals surface area contributed by atoms with E-state index < -0.39 is 0 Å². The molecule has 1 fully saturated rings. The summed E-state index contributed by atoms with van der Waals surface area (Å²) >= 11 is 0. The van der Waals surface area contributed by atoms with E-state index in [4.69, 9.17) is 10.2 Å². The minimum absolute atomic E-state index is 0.0363. The molecular weight excluding hydrogens is 268 g/mol. The van der Waals surface area contributed by atoms with Crippen molar-refractivity contribution in [1.82, 2.24) is 10.2 Å². The zero-order chi connectivity index (χ0) is 14.9. The molecule has 6 heteroatoms. The topological polar surface area (TPSA) is 94.0 Å². The summed E-state index contributed by atoms with van der Waals surface area (Å²) in [7, 11) is 0. The quantitative estimate of drug-likeness (QED) is 0.899. The number of carbonyl (C=O) groups excluding carboxylic acids is 1. The number of hydrogen-bond acceptors (Lipinski definition) is 5. The van der Waals surface area contributed by atoms with Gasteiger partial charge in [0.15, 0.2) is 0 Å². The van der Waals surface area contributed by atoms with Crippen LogP contribution in [0.2, 0.25) is 0 Å². The molecule has 6 nitrogen and oxygen atoms in total. The molecule has 3 rings (SSSR count). The van der Waals surface area contributed by atoms with Crippen molar-refractivity contribution in [3.63, 3.8) is 0 Å².